The molecule has 0 heterocycles. The van der Waals surface area contributed by atoms with Gasteiger partial charge < -0.3 is 9.47 Å². The van der Waals surface area contributed by atoms with E-state index in [2.05, 4.69) is 20.7 Å². The van der Waals surface area contributed by atoms with Crippen molar-refractivity contribution < 1.29 is 19.1 Å². The highest BCUT2D eigenvalue weighted by molar-refractivity contribution is 9.10. The first kappa shape index (κ1) is 14.4. The van der Waals surface area contributed by atoms with Gasteiger partial charge in [0, 0.05) is 10.9 Å². The van der Waals surface area contributed by atoms with Gasteiger partial charge in [-0.1, -0.05) is 22.9 Å². The van der Waals surface area contributed by atoms with Gasteiger partial charge in [-0.2, -0.15) is 0 Å². The molecule has 0 radical (unpaired) electrons. The Kier molecular flexibility index (Phi) is 5.58. The van der Waals surface area contributed by atoms with Gasteiger partial charge in [0.1, 0.15) is 11.5 Å². The van der Waals surface area contributed by atoms with Gasteiger partial charge in [0.05, 0.1) is 18.7 Å². The van der Waals surface area contributed by atoms with E-state index < -0.39 is 5.97 Å². The number of hydrogen-bond donors (Lipinski definition) is 0. The molecule has 0 N–H and O–H groups in total. The van der Waals surface area contributed by atoms with E-state index in [0.717, 1.165) is 4.47 Å². The van der Waals surface area contributed by atoms with Crippen LogP contribution in [0.2, 0.25) is 0 Å². The Morgan fingerprint density at radius 2 is 2.17 bits per heavy atom. The smallest absolute Gasteiger partial charge is 0.333 e. The average Bonchev–Trinajstić information content (AvgIpc) is 2.39. The minimum Gasteiger partial charge on any atom is -0.466 e. The Hall–Kier alpha value is -1.62. The first-order valence-electron chi connectivity index (χ1n) is 5.31. The normalized spacial score (nSPS) is 10.9. The monoisotopic (exact) mass is 312 g/mol. The van der Waals surface area contributed by atoms with Gasteiger partial charge in [-0.3, -0.25) is 4.79 Å². The summed E-state index contributed by atoms with van der Waals surface area (Å²) in [7, 11) is 1.29. The second kappa shape index (κ2) is 6.96. The van der Waals surface area contributed by atoms with E-state index >= 15 is 0 Å². The molecule has 5 heteroatoms. The van der Waals surface area contributed by atoms with E-state index in [1.54, 1.807) is 18.2 Å². The molecule has 0 saturated heterocycles. The van der Waals surface area contributed by atoms with Crippen molar-refractivity contribution in [2.75, 3.05) is 7.11 Å². The third-order valence-electron chi connectivity index (χ3n) is 2.17. The molecule has 1 rings (SSSR count). The third-order valence-corrected chi connectivity index (χ3v) is 2.66. The van der Waals surface area contributed by atoms with E-state index in [1.807, 2.05) is 6.92 Å². The second-order valence-electron chi connectivity index (χ2n) is 3.39. The van der Waals surface area contributed by atoms with Crippen LogP contribution < -0.4 is 4.74 Å². The summed E-state index contributed by atoms with van der Waals surface area (Å²) in [6.45, 7) is 1.84. The van der Waals surface area contributed by atoms with Crippen molar-refractivity contribution in [1.82, 2.24) is 0 Å². The van der Waals surface area contributed by atoms with Crippen LogP contribution in [0.5, 0.6) is 5.75 Å². The number of rotatable bonds is 5. The molecule has 0 atom stereocenters. The summed E-state index contributed by atoms with van der Waals surface area (Å²) in [6.07, 6.45) is 2.48. The van der Waals surface area contributed by atoms with Crippen LogP contribution in [0.1, 0.15) is 23.7 Å². The van der Waals surface area contributed by atoms with Crippen molar-refractivity contribution in [1.29, 1.82) is 0 Å². The summed E-state index contributed by atoms with van der Waals surface area (Å²) < 4.78 is 10.8. The highest BCUT2D eigenvalue weighted by atomic mass is 79.9. The van der Waals surface area contributed by atoms with Crippen LogP contribution in [0.4, 0.5) is 0 Å². The molecule has 1 aromatic carbocycles. The van der Waals surface area contributed by atoms with Gasteiger partial charge in [0.25, 0.3) is 0 Å². The molecular formula is C13H13BrO4. The van der Waals surface area contributed by atoms with Crippen molar-refractivity contribution in [3.05, 3.63) is 40.1 Å². The Bertz CT molecular complexity index is 480. The molecular weight excluding hydrogens is 300 g/mol. The van der Waals surface area contributed by atoms with E-state index in [9.17, 15) is 9.59 Å². The lowest BCUT2D eigenvalue weighted by atomic mass is 10.2. The molecule has 4 nitrogen and oxygen atoms in total. The zero-order chi connectivity index (χ0) is 13.5. The lowest BCUT2D eigenvalue weighted by Crippen LogP contribution is -2.03. The average molecular weight is 313 g/mol. The molecule has 0 aliphatic carbocycles. The molecule has 1 aromatic rings. The summed E-state index contributed by atoms with van der Waals surface area (Å²) in [5.41, 5.74) is 0.411. The quantitative estimate of drug-likeness (QED) is 0.363. The lowest BCUT2D eigenvalue weighted by Gasteiger charge is -2.10. The van der Waals surface area contributed by atoms with Crippen molar-refractivity contribution in [2.45, 2.75) is 13.3 Å². The summed E-state index contributed by atoms with van der Waals surface area (Å²) in [5.74, 6) is 0.356. The van der Waals surface area contributed by atoms with E-state index in [1.165, 1.54) is 13.2 Å². The summed E-state index contributed by atoms with van der Waals surface area (Å²) in [4.78, 5) is 22.0. The van der Waals surface area contributed by atoms with Crippen LogP contribution in [-0.4, -0.2) is 19.4 Å². The molecule has 0 aromatic heterocycles. The minimum atomic E-state index is -0.489. The fourth-order valence-corrected chi connectivity index (χ4v) is 1.62. The molecule has 0 aliphatic rings. The Morgan fingerprint density at radius 1 is 1.44 bits per heavy atom. The fraction of sp³-hybridized carbons (Fsp3) is 0.231. The summed E-state index contributed by atoms with van der Waals surface area (Å²) in [5, 5.41) is 0. The van der Waals surface area contributed by atoms with Gasteiger partial charge >= 0.3 is 5.97 Å². The fourth-order valence-electron chi connectivity index (χ4n) is 1.24. The summed E-state index contributed by atoms with van der Waals surface area (Å²) >= 11 is 3.27. The molecule has 0 amide bonds. The van der Waals surface area contributed by atoms with E-state index in [0.29, 0.717) is 29.8 Å². The number of allylic oxidation sites excluding steroid dienone is 1. The Morgan fingerprint density at radius 3 is 2.72 bits per heavy atom. The van der Waals surface area contributed by atoms with Crippen LogP contribution in [-0.2, 0) is 9.53 Å². The number of carbonyl (C=O) groups is 2. The number of aldehydes is 1. The van der Waals surface area contributed by atoms with Crippen LogP contribution in [0.15, 0.2) is 34.5 Å². The standard InChI is InChI=1S/C13H13BrO4/c1-3-11(7-13(16)17-2)18-12-5-4-10(14)6-9(12)8-15/h4-8H,3H2,1-2H3. The first-order valence-corrected chi connectivity index (χ1v) is 6.11. The number of esters is 1. The summed E-state index contributed by atoms with van der Waals surface area (Å²) in [6, 6.07) is 5.07. The van der Waals surface area contributed by atoms with Gasteiger partial charge in [-0.05, 0) is 18.2 Å². The molecule has 0 unspecified atom stereocenters. The number of ether oxygens (including phenoxy) is 2. The van der Waals surface area contributed by atoms with Crippen LogP contribution in [0.3, 0.4) is 0 Å². The van der Waals surface area contributed by atoms with E-state index in [-0.39, 0.29) is 0 Å². The van der Waals surface area contributed by atoms with Gasteiger partial charge in [0.2, 0.25) is 0 Å². The topological polar surface area (TPSA) is 52.6 Å². The highest BCUT2D eigenvalue weighted by Crippen LogP contribution is 2.24. The molecule has 0 saturated carbocycles. The predicted molar refractivity (Wildman–Crippen MR) is 70.5 cm³/mol. The van der Waals surface area contributed by atoms with Crippen LogP contribution >= 0.6 is 15.9 Å². The number of halogens is 1. The maximum absolute atomic E-state index is 11.1. The zero-order valence-corrected chi connectivity index (χ0v) is 11.7. The highest BCUT2D eigenvalue weighted by Gasteiger charge is 2.07. The Balaban J connectivity index is 2.98. The van der Waals surface area contributed by atoms with Crippen molar-refractivity contribution in [3.63, 3.8) is 0 Å². The van der Waals surface area contributed by atoms with Gasteiger partial charge in [-0.15, -0.1) is 0 Å². The van der Waals surface area contributed by atoms with E-state index in [4.69, 9.17) is 4.74 Å². The molecule has 0 bridgehead atoms. The maximum atomic E-state index is 11.1. The minimum absolute atomic E-state index is 0.408. The largest absolute Gasteiger partial charge is 0.466 e. The van der Waals surface area contributed by atoms with Crippen molar-refractivity contribution in [3.8, 4) is 5.75 Å². The van der Waals surface area contributed by atoms with Crippen LogP contribution in [0.25, 0.3) is 0 Å². The molecule has 96 valence electrons. The van der Waals surface area contributed by atoms with Crippen LogP contribution in [0, 0.1) is 0 Å². The molecule has 0 fully saturated rings. The first-order chi connectivity index (χ1) is 8.60. The number of hydrogen-bond acceptors (Lipinski definition) is 4. The van der Waals surface area contributed by atoms with Crippen molar-refractivity contribution >= 4 is 28.2 Å². The van der Waals surface area contributed by atoms with Crippen molar-refractivity contribution in [2.24, 2.45) is 0 Å². The zero-order valence-electron chi connectivity index (χ0n) is 10.1. The molecule has 18 heavy (non-hydrogen) atoms. The number of carbonyl (C=O) groups excluding carboxylic acids is 2. The number of methoxy groups -OCH3 is 1. The molecule has 0 aliphatic heterocycles. The third kappa shape index (κ3) is 4.00. The Labute approximate surface area is 114 Å². The second-order valence-corrected chi connectivity index (χ2v) is 4.31. The number of benzene rings is 1. The SMILES string of the molecule is CCC(=CC(=O)OC)Oc1ccc(Br)cc1C=O. The van der Waals surface area contributed by atoms with Gasteiger partial charge in [-0.25, -0.2) is 4.79 Å². The maximum Gasteiger partial charge on any atom is 0.333 e. The predicted octanol–water partition coefficient (Wildman–Crippen LogP) is 3.11. The van der Waals surface area contributed by atoms with Gasteiger partial charge in [0.15, 0.2) is 6.29 Å². The molecule has 0 spiro atoms. The lowest BCUT2D eigenvalue weighted by molar-refractivity contribution is -0.135.